The van der Waals surface area contributed by atoms with Crippen molar-refractivity contribution in [3.8, 4) is 0 Å². The zero-order chi connectivity index (χ0) is 30.0. The molecule has 0 fully saturated rings. The van der Waals surface area contributed by atoms with E-state index in [1.807, 2.05) is 0 Å². The smallest absolute Gasteiger partial charge is 0.327 e. The van der Waals surface area contributed by atoms with E-state index in [1.165, 1.54) is 42.6 Å². The molecule has 1 amide bonds. The molecule has 0 saturated heterocycles. The summed E-state index contributed by atoms with van der Waals surface area (Å²) < 4.78 is 33.8. The third-order valence-corrected chi connectivity index (χ3v) is 9.30. The summed E-state index contributed by atoms with van der Waals surface area (Å²) in [4.78, 5) is 26.3. The highest BCUT2D eigenvalue weighted by atomic mass is 35.5. The van der Waals surface area contributed by atoms with Crippen molar-refractivity contribution in [3.05, 3.63) is 134 Å². The van der Waals surface area contributed by atoms with E-state index in [0.717, 1.165) is 0 Å². The second-order valence-electron chi connectivity index (χ2n) is 9.10. The number of benzene rings is 3. The molecule has 14 heteroatoms. The maximum Gasteiger partial charge on any atom is 0.327 e. The molecule has 0 spiro atoms. The van der Waals surface area contributed by atoms with Crippen LogP contribution in [-0.4, -0.2) is 35.7 Å². The minimum atomic E-state index is -4.20. The first kappa shape index (κ1) is 29.9. The third-order valence-electron chi connectivity index (χ3n) is 6.41. The van der Waals surface area contributed by atoms with Gasteiger partial charge in [0.2, 0.25) is 0 Å². The van der Waals surface area contributed by atoms with Gasteiger partial charge in [-0.3, -0.25) is 13.8 Å². The van der Waals surface area contributed by atoms with Crippen molar-refractivity contribution in [1.82, 2.24) is 14.3 Å². The molecular weight excluding hydrogens is 643 g/mol. The summed E-state index contributed by atoms with van der Waals surface area (Å²) in [6.07, 6.45) is 6.22. The lowest BCUT2D eigenvalue weighted by atomic mass is 9.84. The lowest BCUT2D eigenvalue weighted by Gasteiger charge is -2.27. The van der Waals surface area contributed by atoms with Gasteiger partial charge >= 0.3 is 5.97 Å². The number of sulfonamides is 1. The van der Waals surface area contributed by atoms with Crippen LogP contribution in [-0.2, 0) is 14.8 Å². The van der Waals surface area contributed by atoms with Crippen LogP contribution in [0.5, 0.6) is 0 Å². The van der Waals surface area contributed by atoms with E-state index >= 15 is 0 Å². The quantitative estimate of drug-likeness (QED) is 0.202. The van der Waals surface area contributed by atoms with Crippen LogP contribution in [0.1, 0.15) is 27.4 Å². The fourth-order valence-corrected chi connectivity index (χ4v) is 6.89. The summed E-state index contributed by atoms with van der Waals surface area (Å²) in [6.45, 7) is 0. The molecule has 2 aliphatic heterocycles. The number of carboxylic acids is 1. The summed E-state index contributed by atoms with van der Waals surface area (Å²) in [5.74, 6) is -2.99. The number of allylic oxidation sites excluding steroid dienone is 2. The number of amides is 1. The normalized spacial score (nSPS) is 14.9. The number of halogens is 3. The average Bonchev–Trinajstić information content (AvgIpc) is 3.43. The van der Waals surface area contributed by atoms with Crippen molar-refractivity contribution in [2.24, 2.45) is 0 Å². The van der Waals surface area contributed by atoms with Gasteiger partial charge in [0.05, 0.1) is 29.1 Å². The largest absolute Gasteiger partial charge is 0.480 e. The molecule has 0 bridgehead atoms. The molecule has 42 heavy (non-hydrogen) atoms. The molecule has 0 radical (unpaired) electrons. The number of nitrogens with zero attached hydrogens (tertiary/aromatic N) is 1. The van der Waals surface area contributed by atoms with Crippen molar-refractivity contribution in [2.45, 2.75) is 12.0 Å². The highest BCUT2D eigenvalue weighted by Crippen LogP contribution is 2.35. The molecule has 0 aromatic heterocycles. The second kappa shape index (κ2) is 12.3. The first-order valence-corrected chi connectivity index (χ1v) is 15.6. The van der Waals surface area contributed by atoms with Crippen LogP contribution < -0.4 is 14.8 Å². The van der Waals surface area contributed by atoms with Crippen LogP contribution >= 0.6 is 46.9 Å². The first-order chi connectivity index (χ1) is 20.0. The minimum absolute atomic E-state index is 0.0391. The third kappa shape index (κ3) is 6.40. The minimum Gasteiger partial charge on any atom is -0.480 e. The molecule has 216 valence electrons. The molecule has 2 aliphatic rings. The monoisotopic (exact) mass is 662 g/mol. The summed E-state index contributed by atoms with van der Waals surface area (Å²) in [6, 6.07) is 15.7. The number of fused-ring (bicyclic) bond motifs is 1. The number of hydrogen-bond donors (Lipinski definition) is 4. The van der Waals surface area contributed by atoms with Gasteiger partial charge in [-0.2, -0.15) is 0 Å². The zero-order valence-electron chi connectivity index (χ0n) is 21.3. The van der Waals surface area contributed by atoms with E-state index in [1.54, 1.807) is 65.1 Å². The standard InChI is InChI=1S/C28H21Cl3N4O5S2/c29-18-7-3-16(4-8-18)25(17-5-9-19(30)10-6-17)26(28(37)38)33-27(36)21-12-11-20(31)14-22(21)34-42(39,40)24-2-1-13-35-23(24)15-32-41-35/h1-15,25-26,32,34H,(H,33,36)(H,37,38)/t26-/m0/s1. The lowest BCUT2D eigenvalue weighted by molar-refractivity contribution is -0.139. The molecule has 3 aromatic carbocycles. The fourth-order valence-electron chi connectivity index (χ4n) is 4.49. The van der Waals surface area contributed by atoms with Gasteiger partial charge < -0.3 is 15.1 Å². The lowest BCUT2D eigenvalue weighted by Crippen LogP contribution is -2.45. The van der Waals surface area contributed by atoms with E-state index < -0.39 is 33.9 Å². The molecule has 4 N–H and O–H groups in total. The molecule has 2 heterocycles. The Balaban J connectivity index is 1.49. The van der Waals surface area contributed by atoms with Crippen LogP contribution in [0.4, 0.5) is 5.69 Å². The molecule has 5 rings (SSSR count). The van der Waals surface area contributed by atoms with Gasteiger partial charge in [0, 0.05) is 33.4 Å². The van der Waals surface area contributed by atoms with Crippen LogP contribution in [0.25, 0.3) is 0 Å². The Morgan fingerprint density at radius 1 is 0.905 bits per heavy atom. The molecule has 0 aliphatic carbocycles. The predicted molar refractivity (Wildman–Crippen MR) is 166 cm³/mol. The molecule has 0 saturated carbocycles. The Labute approximate surface area is 261 Å². The maximum absolute atomic E-state index is 13.7. The summed E-state index contributed by atoms with van der Waals surface area (Å²) in [5.41, 5.74) is 1.29. The van der Waals surface area contributed by atoms with Gasteiger partial charge in [-0.15, -0.1) is 0 Å². The van der Waals surface area contributed by atoms with E-state index in [4.69, 9.17) is 34.8 Å². The van der Waals surface area contributed by atoms with Gasteiger partial charge in [-0.1, -0.05) is 59.1 Å². The fraction of sp³-hybridized carbons (Fsp3) is 0.0714. The van der Waals surface area contributed by atoms with E-state index in [0.29, 0.717) is 26.9 Å². The number of carboxylic acid groups (broad SMARTS) is 1. The van der Waals surface area contributed by atoms with Gasteiger partial charge in [0.1, 0.15) is 10.9 Å². The Bertz CT molecular complexity index is 1700. The predicted octanol–water partition coefficient (Wildman–Crippen LogP) is 6.12. The molecule has 3 aromatic rings. The van der Waals surface area contributed by atoms with E-state index in [2.05, 4.69) is 14.8 Å². The first-order valence-electron chi connectivity index (χ1n) is 12.2. The van der Waals surface area contributed by atoms with E-state index in [-0.39, 0.29) is 21.2 Å². The SMILES string of the molecule is O=C(N[C@H](C(=O)O)C(c1ccc(Cl)cc1)c1ccc(Cl)cc1)c1ccc(Cl)cc1NS(=O)(=O)C1=CC=CN2SNC=C12. The Morgan fingerprint density at radius 2 is 1.50 bits per heavy atom. The van der Waals surface area contributed by atoms with Crippen molar-refractivity contribution in [3.63, 3.8) is 0 Å². The van der Waals surface area contributed by atoms with Crippen LogP contribution in [0.2, 0.25) is 15.1 Å². The van der Waals surface area contributed by atoms with Crippen molar-refractivity contribution in [1.29, 1.82) is 0 Å². The van der Waals surface area contributed by atoms with Crippen LogP contribution in [0.3, 0.4) is 0 Å². The average molecular weight is 664 g/mol. The summed E-state index contributed by atoms with van der Waals surface area (Å²) >= 11 is 19.5. The zero-order valence-corrected chi connectivity index (χ0v) is 25.2. The second-order valence-corrected chi connectivity index (χ2v) is 12.9. The van der Waals surface area contributed by atoms with Crippen molar-refractivity contribution in [2.75, 3.05) is 4.72 Å². The molecule has 0 unspecified atom stereocenters. The number of nitrogens with one attached hydrogen (secondary N) is 3. The van der Waals surface area contributed by atoms with Gasteiger partial charge in [-0.25, -0.2) is 13.2 Å². The Morgan fingerprint density at radius 3 is 2.10 bits per heavy atom. The topological polar surface area (TPSA) is 128 Å². The number of hydrogen-bond acceptors (Lipinski definition) is 7. The maximum atomic E-state index is 13.7. The van der Waals surface area contributed by atoms with E-state index in [9.17, 15) is 23.1 Å². The molecule has 9 nitrogen and oxygen atoms in total. The van der Waals surface area contributed by atoms with Crippen LogP contribution in [0, 0.1) is 0 Å². The molecular formula is C28H21Cl3N4O5S2. The summed E-state index contributed by atoms with van der Waals surface area (Å²) in [7, 11) is -4.20. The highest BCUT2D eigenvalue weighted by molar-refractivity contribution is 7.97. The van der Waals surface area contributed by atoms with Crippen molar-refractivity contribution >= 4 is 74.5 Å². The summed E-state index contributed by atoms with van der Waals surface area (Å²) in [5, 5.41) is 14.0. The molecule has 1 atom stereocenters. The highest BCUT2D eigenvalue weighted by Gasteiger charge is 2.34. The number of carbonyl (C=O) groups excluding carboxylic acids is 1. The van der Waals surface area contributed by atoms with Gasteiger partial charge in [-0.05, 0) is 65.7 Å². The van der Waals surface area contributed by atoms with Crippen molar-refractivity contribution < 1.29 is 23.1 Å². The number of anilines is 1. The Kier molecular flexibility index (Phi) is 8.76. The number of carbonyl (C=O) groups is 2. The van der Waals surface area contributed by atoms with Crippen LogP contribution in [0.15, 0.2) is 102 Å². The number of aliphatic carboxylic acids is 1. The Hall–Kier alpha value is -3.61. The number of rotatable bonds is 9. The van der Waals surface area contributed by atoms with Gasteiger partial charge in [0.15, 0.2) is 0 Å². The van der Waals surface area contributed by atoms with Gasteiger partial charge in [0.25, 0.3) is 15.9 Å².